The molecule has 1 aromatic carbocycles. The van der Waals surface area contributed by atoms with E-state index < -0.39 is 11.9 Å². The number of imidazole rings is 1. The van der Waals surface area contributed by atoms with Crippen LogP contribution in [0.2, 0.25) is 0 Å². The van der Waals surface area contributed by atoms with Crippen molar-refractivity contribution < 1.29 is 22.6 Å². The summed E-state index contributed by atoms with van der Waals surface area (Å²) >= 11 is 0. The van der Waals surface area contributed by atoms with Crippen LogP contribution in [0.3, 0.4) is 0 Å². The van der Waals surface area contributed by atoms with Crippen molar-refractivity contribution in [3.63, 3.8) is 0 Å². The highest BCUT2D eigenvalue weighted by molar-refractivity contribution is 5.68. The number of alkyl halides is 3. The maximum absolute atomic E-state index is 13.3. The van der Waals surface area contributed by atoms with Crippen molar-refractivity contribution >= 4 is 5.82 Å². The zero-order chi connectivity index (χ0) is 28.0. The lowest BCUT2D eigenvalue weighted by Crippen LogP contribution is -2.09. The summed E-state index contributed by atoms with van der Waals surface area (Å²) in [7, 11) is 1.57. The Morgan fingerprint density at radius 3 is 2.52 bits per heavy atom. The lowest BCUT2D eigenvalue weighted by molar-refractivity contribution is -0.140. The van der Waals surface area contributed by atoms with Gasteiger partial charge < -0.3 is 19.4 Å². The molecule has 40 heavy (non-hydrogen) atoms. The van der Waals surface area contributed by atoms with Gasteiger partial charge in [0.2, 0.25) is 5.88 Å². The summed E-state index contributed by atoms with van der Waals surface area (Å²) < 4.78 is 52.7. The van der Waals surface area contributed by atoms with Gasteiger partial charge in [0.1, 0.15) is 23.5 Å². The second-order valence-electron chi connectivity index (χ2n) is 10.2. The van der Waals surface area contributed by atoms with Gasteiger partial charge in [0.05, 0.1) is 31.7 Å². The van der Waals surface area contributed by atoms with Crippen LogP contribution in [-0.2, 0) is 30.7 Å². The van der Waals surface area contributed by atoms with Gasteiger partial charge in [0.15, 0.2) is 11.5 Å². The van der Waals surface area contributed by atoms with E-state index in [4.69, 9.17) is 19.4 Å². The fourth-order valence-corrected chi connectivity index (χ4v) is 4.82. The van der Waals surface area contributed by atoms with Gasteiger partial charge in [0, 0.05) is 35.8 Å². The lowest BCUT2D eigenvalue weighted by Gasteiger charge is -2.15. The molecule has 4 heterocycles. The molecule has 1 saturated carbocycles. The second kappa shape index (κ2) is 10.2. The zero-order valence-corrected chi connectivity index (χ0v) is 22.3. The molecule has 0 atom stereocenters. The first kappa shape index (κ1) is 26.2. The molecule has 12 heteroatoms. The summed E-state index contributed by atoms with van der Waals surface area (Å²) in [6, 6.07) is 7.13. The van der Waals surface area contributed by atoms with Crippen LogP contribution in [0.25, 0.3) is 22.8 Å². The van der Waals surface area contributed by atoms with E-state index in [1.807, 2.05) is 26.0 Å². The minimum absolute atomic E-state index is 0.176. The Labute approximate surface area is 228 Å². The van der Waals surface area contributed by atoms with E-state index in [-0.39, 0.29) is 11.9 Å². The Balaban J connectivity index is 1.27. The summed E-state index contributed by atoms with van der Waals surface area (Å²) in [6.45, 7) is 4.87. The van der Waals surface area contributed by atoms with Crippen LogP contribution < -0.4 is 10.1 Å². The molecule has 2 aliphatic rings. The van der Waals surface area contributed by atoms with E-state index in [9.17, 15) is 13.2 Å². The molecule has 3 aromatic heterocycles. The Kier molecular flexibility index (Phi) is 6.65. The second-order valence-corrected chi connectivity index (χ2v) is 10.2. The first-order valence-electron chi connectivity index (χ1n) is 13.1. The molecule has 0 amide bonds. The molecule has 1 N–H and O–H groups in total. The minimum Gasteiger partial charge on any atom is -0.480 e. The van der Waals surface area contributed by atoms with Gasteiger partial charge in [-0.2, -0.15) is 13.2 Å². The van der Waals surface area contributed by atoms with Gasteiger partial charge in [-0.25, -0.2) is 24.9 Å². The number of fused-ring (bicyclic) bond motifs is 1. The molecule has 208 valence electrons. The first-order chi connectivity index (χ1) is 19.2. The van der Waals surface area contributed by atoms with Crippen molar-refractivity contribution in [2.45, 2.75) is 64.6 Å². The Morgan fingerprint density at radius 1 is 1.07 bits per heavy atom. The van der Waals surface area contributed by atoms with E-state index in [0.29, 0.717) is 54.3 Å². The Morgan fingerprint density at radius 2 is 1.85 bits per heavy atom. The summed E-state index contributed by atoms with van der Waals surface area (Å²) in [5.41, 5.74) is 3.92. The van der Waals surface area contributed by atoms with Crippen molar-refractivity contribution in [1.82, 2.24) is 29.5 Å². The monoisotopic (exact) mass is 551 g/mol. The smallest absolute Gasteiger partial charge is 0.434 e. The molecular formula is C28H28F3N7O2. The van der Waals surface area contributed by atoms with Gasteiger partial charge in [-0.3, -0.25) is 0 Å². The molecule has 0 spiro atoms. The van der Waals surface area contributed by atoms with Crippen LogP contribution in [0.5, 0.6) is 5.88 Å². The number of nitrogens with one attached hydrogen (secondary N) is 1. The summed E-state index contributed by atoms with van der Waals surface area (Å²) in [6.07, 6.45) is 0.169. The van der Waals surface area contributed by atoms with Gasteiger partial charge in [-0.05, 0) is 32.3 Å². The molecule has 1 aliphatic carbocycles. The van der Waals surface area contributed by atoms with Crippen molar-refractivity contribution in [1.29, 1.82) is 0 Å². The quantitative estimate of drug-likeness (QED) is 0.288. The number of halogens is 3. The predicted octanol–water partition coefficient (Wildman–Crippen LogP) is 5.93. The SMILES string of the molecule is COc1ncnc(C2CC2)c1-c1nc2c(c(NCc3ccc(-c4nc(C(F)(F)F)cn4C(C)C)cc3)n1)COC2. The highest BCUT2D eigenvalue weighted by Gasteiger charge is 2.35. The third-order valence-electron chi connectivity index (χ3n) is 7.05. The minimum atomic E-state index is -4.51. The predicted molar refractivity (Wildman–Crippen MR) is 140 cm³/mol. The zero-order valence-electron chi connectivity index (χ0n) is 22.3. The number of methoxy groups -OCH3 is 1. The number of aromatic nitrogens is 6. The molecule has 0 unspecified atom stereocenters. The normalized spacial score (nSPS) is 15.0. The fourth-order valence-electron chi connectivity index (χ4n) is 4.82. The van der Waals surface area contributed by atoms with E-state index >= 15 is 0 Å². The Bertz CT molecular complexity index is 1550. The molecule has 6 rings (SSSR count). The van der Waals surface area contributed by atoms with E-state index in [2.05, 4.69) is 20.3 Å². The number of anilines is 1. The third kappa shape index (κ3) is 4.99. The summed E-state index contributed by atoms with van der Waals surface area (Å²) in [5.74, 6) is 2.20. The summed E-state index contributed by atoms with van der Waals surface area (Å²) in [4.78, 5) is 22.3. The van der Waals surface area contributed by atoms with Crippen molar-refractivity contribution in [2.24, 2.45) is 0 Å². The average molecular weight is 552 g/mol. The van der Waals surface area contributed by atoms with Crippen LogP contribution in [-0.4, -0.2) is 36.6 Å². The molecule has 1 fully saturated rings. The first-order valence-corrected chi connectivity index (χ1v) is 13.1. The highest BCUT2D eigenvalue weighted by Crippen LogP contribution is 2.45. The number of nitrogens with zero attached hydrogens (tertiary/aromatic N) is 6. The highest BCUT2D eigenvalue weighted by atomic mass is 19.4. The van der Waals surface area contributed by atoms with E-state index in [1.54, 1.807) is 23.8 Å². The molecule has 4 aromatic rings. The number of hydrogen-bond acceptors (Lipinski definition) is 8. The van der Waals surface area contributed by atoms with Crippen LogP contribution in [0.1, 0.15) is 66.9 Å². The van der Waals surface area contributed by atoms with Crippen molar-refractivity contribution in [2.75, 3.05) is 12.4 Å². The van der Waals surface area contributed by atoms with Gasteiger partial charge >= 0.3 is 6.18 Å². The van der Waals surface area contributed by atoms with Gasteiger partial charge in [0.25, 0.3) is 0 Å². The summed E-state index contributed by atoms with van der Waals surface area (Å²) in [5, 5.41) is 3.40. The maximum atomic E-state index is 13.3. The fraction of sp³-hybridized carbons (Fsp3) is 0.393. The van der Waals surface area contributed by atoms with Gasteiger partial charge in [-0.1, -0.05) is 24.3 Å². The van der Waals surface area contributed by atoms with Crippen LogP contribution in [0, 0.1) is 0 Å². The standard InChI is InChI=1S/C28H28F3N7O2/c1-15(2)38-11-21(28(29,30)31)36-26(38)18-6-4-16(5-7-18)10-32-24-19-12-40-13-20(19)35-25(37-24)22-23(17-8-9-17)33-14-34-27(22)39-3/h4-7,11,14-15,17H,8-10,12-13H2,1-3H3,(H,32,35,37). The average Bonchev–Trinajstić information content (AvgIpc) is 3.48. The topological polar surface area (TPSA) is 99.9 Å². The molecule has 0 bridgehead atoms. The van der Waals surface area contributed by atoms with Crippen molar-refractivity contribution in [3.05, 3.63) is 65.0 Å². The van der Waals surface area contributed by atoms with Gasteiger partial charge in [-0.15, -0.1) is 0 Å². The largest absolute Gasteiger partial charge is 0.480 e. The number of rotatable bonds is 8. The Hall–Kier alpha value is -4.06. The molecule has 1 aliphatic heterocycles. The maximum Gasteiger partial charge on any atom is 0.434 e. The van der Waals surface area contributed by atoms with Crippen LogP contribution >= 0.6 is 0 Å². The molecule has 0 saturated heterocycles. The van der Waals surface area contributed by atoms with E-state index in [1.165, 1.54) is 6.33 Å². The van der Waals surface area contributed by atoms with Crippen molar-refractivity contribution in [3.8, 4) is 28.7 Å². The number of ether oxygens (including phenoxy) is 2. The third-order valence-corrected chi connectivity index (χ3v) is 7.05. The number of benzene rings is 1. The molecule has 0 radical (unpaired) electrons. The van der Waals surface area contributed by atoms with E-state index in [0.717, 1.165) is 41.6 Å². The molecular weight excluding hydrogens is 523 g/mol. The van der Waals surface area contributed by atoms with Crippen LogP contribution in [0.4, 0.5) is 19.0 Å². The number of hydrogen-bond donors (Lipinski definition) is 1. The van der Waals surface area contributed by atoms with Crippen LogP contribution in [0.15, 0.2) is 36.8 Å². The lowest BCUT2D eigenvalue weighted by atomic mass is 10.1. The molecule has 9 nitrogen and oxygen atoms in total.